The van der Waals surface area contributed by atoms with Gasteiger partial charge >= 0.3 is 0 Å². The number of hydrogen-bond donors (Lipinski definition) is 1. The molecule has 0 aliphatic carbocycles. The summed E-state index contributed by atoms with van der Waals surface area (Å²) in [6.07, 6.45) is 4.45. The summed E-state index contributed by atoms with van der Waals surface area (Å²) in [4.78, 5) is 27.8. The van der Waals surface area contributed by atoms with E-state index in [1.807, 2.05) is 4.90 Å². The van der Waals surface area contributed by atoms with Crippen LogP contribution in [-0.4, -0.2) is 71.7 Å². The Bertz CT molecular complexity index is 1090. The van der Waals surface area contributed by atoms with Crippen molar-refractivity contribution in [3.8, 4) is 0 Å². The highest BCUT2D eigenvalue weighted by Crippen LogP contribution is 2.22. The van der Waals surface area contributed by atoms with Crippen LogP contribution in [0.3, 0.4) is 0 Å². The highest BCUT2D eigenvalue weighted by molar-refractivity contribution is 7.89. The van der Waals surface area contributed by atoms with Gasteiger partial charge < -0.3 is 10.2 Å². The number of likely N-dealkylation sites (tertiary alicyclic amines) is 1. The van der Waals surface area contributed by atoms with Crippen LogP contribution in [0.25, 0.3) is 0 Å². The normalized spacial score (nSPS) is 18.3. The van der Waals surface area contributed by atoms with E-state index in [1.165, 1.54) is 16.4 Å². The molecule has 0 bridgehead atoms. The maximum atomic E-state index is 12.8. The van der Waals surface area contributed by atoms with Crippen molar-refractivity contribution >= 4 is 33.4 Å². The number of piperidine rings is 2. The zero-order valence-electron chi connectivity index (χ0n) is 18.7. The molecule has 1 aromatic heterocycles. The smallest absolute Gasteiger partial charge is 0.267 e. The first-order valence-electron chi connectivity index (χ1n) is 11.3. The van der Waals surface area contributed by atoms with E-state index < -0.39 is 10.0 Å². The van der Waals surface area contributed by atoms with Gasteiger partial charge in [0.05, 0.1) is 10.6 Å². The Morgan fingerprint density at radius 3 is 2.33 bits per heavy atom. The van der Waals surface area contributed by atoms with E-state index in [9.17, 15) is 18.0 Å². The van der Waals surface area contributed by atoms with Gasteiger partial charge in [-0.05, 0) is 74.3 Å². The van der Waals surface area contributed by atoms with Crippen molar-refractivity contribution in [2.75, 3.05) is 32.7 Å². The van der Waals surface area contributed by atoms with Crippen molar-refractivity contribution in [3.05, 3.63) is 40.4 Å². The standard InChI is InChI=1S/C22H29N5O4S2/c1-16-20(32-25-24-16)22(29)26-13-9-17(10-14-26)15-23-21(28)18-5-7-19(8-6-18)33(30,31)27-11-3-2-4-12-27/h5-8,17H,2-4,9-15H2,1H3,(H,23,28). The van der Waals surface area contributed by atoms with Crippen molar-refractivity contribution in [1.29, 1.82) is 0 Å². The second-order valence-corrected chi connectivity index (χ2v) is 11.3. The van der Waals surface area contributed by atoms with Gasteiger partial charge in [0.2, 0.25) is 10.0 Å². The number of benzene rings is 1. The van der Waals surface area contributed by atoms with Crippen LogP contribution in [0.15, 0.2) is 29.2 Å². The van der Waals surface area contributed by atoms with Gasteiger partial charge in [0, 0.05) is 38.3 Å². The number of nitrogens with one attached hydrogen (secondary N) is 1. The van der Waals surface area contributed by atoms with Gasteiger partial charge in [-0.2, -0.15) is 4.31 Å². The maximum Gasteiger partial charge on any atom is 0.267 e. The molecule has 178 valence electrons. The summed E-state index contributed by atoms with van der Waals surface area (Å²) < 4.78 is 30.9. The Balaban J connectivity index is 1.26. The topological polar surface area (TPSA) is 113 Å². The molecule has 2 aliphatic rings. The summed E-state index contributed by atoms with van der Waals surface area (Å²) in [7, 11) is -3.50. The van der Waals surface area contributed by atoms with E-state index in [0.717, 1.165) is 43.6 Å². The number of aromatic nitrogens is 2. The van der Waals surface area contributed by atoms with E-state index in [4.69, 9.17) is 0 Å². The first-order valence-corrected chi connectivity index (χ1v) is 13.5. The van der Waals surface area contributed by atoms with Gasteiger partial charge in [0.25, 0.3) is 11.8 Å². The Morgan fingerprint density at radius 1 is 1.06 bits per heavy atom. The zero-order chi connectivity index (χ0) is 23.4. The largest absolute Gasteiger partial charge is 0.352 e. The average Bonchev–Trinajstić information content (AvgIpc) is 3.28. The van der Waals surface area contributed by atoms with Crippen LogP contribution >= 0.6 is 11.5 Å². The van der Waals surface area contributed by atoms with Crippen molar-refractivity contribution in [1.82, 2.24) is 24.1 Å². The van der Waals surface area contributed by atoms with Gasteiger partial charge in [-0.15, -0.1) is 5.10 Å². The summed E-state index contributed by atoms with van der Waals surface area (Å²) in [6.45, 7) is 4.69. The molecule has 1 N–H and O–H groups in total. The molecule has 0 saturated carbocycles. The van der Waals surface area contributed by atoms with Crippen molar-refractivity contribution in [2.45, 2.75) is 43.9 Å². The number of amides is 2. The third kappa shape index (κ3) is 5.42. The fourth-order valence-electron chi connectivity index (χ4n) is 4.28. The predicted molar refractivity (Wildman–Crippen MR) is 125 cm³/mol. The minimum absolute atomic E-state index is 0.0235. The summed E-state index contributed by atoms with van der Waals surface area (Å²) in [5, 5.41) is 6.86. The number of aryl methyl sites for hydroxylation is 1. The molecular formula is C22H29N5O4S2. The first-order chi connectivity index (χ1) is 15.9. The molecule has 0 spiro atoms. The van der Waals surface area contributed by atoms with E-state index in [2.05, 4.69) is 14.9 Å². The SMILES string of the molecule is Cc1nnsc1C(=O)N1CCC(CNC(=O)c2ccc(S(=O)(=O)N3CCCCC3)cc2)CC1. The highest BCUT2D eigenvalue weighted by Gasteiger charge is 2.27. The van der Waals surface area contributed by atoms with Crippen molar-refractivity contribution in [2.24, 2.45) is 5.92 Å². The van der Waals surface area contributed by atoms with Gasteiger partial charge in [0.15, 0.2) is 0 Å². The average molecular weight is 492 g/mol. The third-order valence-electron chi connectivity index (χ3n) is 6.37. The molecule has 2 fully saturated rings. The summed E-state index contributed by atoms with van der Waals surface area (Å²) in [5.41, 5.74) is 1.10. The number of hydrogen-bond acceptors (Lipinski definition) is 7. The molecule has 0 radical (unpaired) electrons. The summed E-state index contributed by atoms with van der Waals surface area (Å²) >= 11 is 1.12. The van der Waals surface area contributed by atoms with Crippen LogP contribution in [0.4, 0.5) is 0 Å². The lowest BCUT2D eigenvalue weighted by atomic mass is 9.96. The predicted octanol–water partition coefficient (Wildman–Crippen LogP) is 2.30. The maximum absolute atomic E-state index is 12.8. The quantitative estimate of drug-likeness (QED) is 0.664. The zero-order valence-corrected chi connectivity index (χ0v) is 20.3. The fourth-order valence-corrected chi connectivity index (χ4v) is 6.43. The summed E-state index contributed by atoms with van der Waals surface area (Å²) in [6, 6.07) is 6.16. The van der Waals surface area contributed by atoms with Crippen LogP contribution < -0.4 is 5.32 Å². The van der Waals surface area contributed by atoms with Gasteiger partial charge in [-0.1, -0.05) is 10.9 Å². The molecule has 2 amide bonds. The molecule has 3 heterocycles. The Labute approximate surface area is 198 Å². The Hall–Kier alpha value is -2.37. The summed E-state index contributed by atoms with van der Waals surface area (Å²) in [5.74, 6) is 0.0452. The number of nitrogens with zero attached hydrogens (tertiary/aromatic N) is 4. The van der Waals surface area contributed by atoms with E-state index in [-0.39, 0.29) is 22.6 Å². The molecule has 11 heteroatoms. The van der Waals surface area contributed by atoms with Crippen LogP contribution in [0.2, 0.25) is 0 Å². The monoisotopic (exact) mass is 491 g/mol. The number of sulfonamides is 1. The van der Waals surface area contributed by atoms with Crippen molar-refractivity contribution in [3.63, 3.8) is 0 Å². The van der Waals surface area contributed by atoms with Gasteiger partial charge in [0.1, 0.15) is 4.88 Å². The molecular weight excluding hydrogens is 462 g/mol. The van der Waals surface area contributed by atoms with Crippen LogP contribution in [0.5, 0.6) is 0 Å². The number of carbonyl (C=O) groups excluding carboxylic acids is 2. The fraction of sp³-hybridized carbons (Fsp3) is 0.545. The van der Waals surface area contributed by atoms with E-state index >= 15 is 0 Å². The van der Waals surface area contributed by atoms with Crippen LogP contribution in [-0.2, 0) is 10.0 Å². The molecule has 0 unspecified atom stereocenters. The van der Waals surface area contributed by atoms with Crippen LogP contribution in [0, 0.1) is 12.8 Å². The minimum atomic E-state index is -3.50. The Kier molecular flexibility index (Phi) is 7.40. The third-order valence-corrected chi connectivity index (χ3v) is 9.10. The molecule has 33 heavy (non-hydrogen) atoms. The second-order valence-electron chi connectivity index (χ2n) is 8.62. The van der Waals surface area contributed by atoms with Crippen LogP contribution in [0.1, 0.15) is 57.8 Å². The molecule has 2 saturated heterocycles. The lowest BCUT2D eigenvalue weighted by Gasteiger charge is -2.31. The lowest BCUT2D eigenvalue weighted by molar-refractivity contribution is 0.0688. The molecule has 0 atom stereocenters. The van der Waals surface area contributed by atoms with Gasteiger partial charge in [-0.3, -0.25) is 9.59 Å². The molecule has 4 rings (SSSR count). The first kappa shape index (κ1) is 23.8. The molecule has 2 aliphatic heterocycles. The lowest BCUT2D eigenvalue weighted by Crippen LogP contribution is -2.41. The minimum Gasteiger partial charge on any atom is -0.352 e. The molecule has 1 aromatic carbocycles. The molecule has 9 nitrogen and oxygen atoms in total. The van der Waals surface area contributed by atoms with Gasteiger partial charge in [-0.25, -0.2) is 8.42 Å². The Morgan fingerprint density at radius 2 is 1.73 bits per heavy atom. The van der Waals surface area contributed by atoms with Crippen molar-refractivity contribution < 1.29 is 18.0 Å². The van der Waals surface area contributed by atoms with E-state index in [0.29, 0.717) is 48.9 Å². The second kappa shape index (κ2) is 10.3. The highest BCUT2D eigenvalue weighted by atomic mass is 32.2. The van der Waals surface area contributed by atoms with E-state index in [1.54, 1.807) is 19.1 Å². The number of rotatable bonds is 6. The number of carbonyl (C=O) groups is 2. The molecule has 2 aromatic rings.